The van der Waals surface area contributed by atoms with Crippen LogP contribution in [0.4, 0.5) is 0 Å². The molecular formula is C11H18N2. The number of aromatic nitrogens is 2. The van der Waals surface area contributed by atoms with Gasteiger partial charge in [0.15, 0.2) is 0 Å². The van der Waals surface area contributed by atoms with Crippen molar-refractivity contribution < 1.29 is 0 Å². The lowest BCUT2D eigenvalue weighted by atomic mass is 9.75. The summed E-state index contributed by atoms with van der Waals surface area (Å²) in [5, 5.41) is 7.26. The molecule has 1 aromatic heterocycles. The number of hydrogen-bond acceptors (Lipinski definition) is 1. The van der Waals surface area contributed by atoms with Crippen molar-refractivity contribution in [3.8, 4) is 0 Å². The van der Waals surface area contributed by atoms with E-state index in [4.69, 9.17) is 0 Å². The maximum absolute atomic E-state index is 4.15. The predicted molar refractivity (Wildman–Crippen MR) is 53.7 cm³/mol. The third-order valence-electron chi connectivity index (χ3n) is 3.45. The smallest absolute Gasteiger partial charge is 0.0525 e. The maximum atomic E-state index is 4.15. The lowest BCUT2D eigenvalue weighted by Crippen LogP contribution is -2.18. The topological polar surface area (TPSA) is 28.7 Å². The van der Waals surface area contributed by atoms with Gasteiger partial charge in [-0.2, -0.15) is 5.10 Å². The summed E-state index contributed by atoms with van der Waals surface area (Å²) in [5.41, 5.74) is 2.87. The van der Waals surface area contributed by atoms with Crippen molar-refractivity contribution >= 4 is 0 Å². The third-order valence-corrected chi connectivity index (χ3v) is 3.45. The van der Waals surface area contributed by atoms with E-state index in [0.29, 0.717) is 0 Å². The summed E-state index contributed by atoms with van der Waals surface area (Å²) in [6.45, 7) is 4.59. The van der Waals surface area contributed by atoms with Gasteiger partial charge in [0, 0.05) is 5.69 Å². The molecule has 1 aliphatic carbocycles. The summed E-state index contributed by atoms with van der Waals surface area (Å²) in [6, 6.07) is 0. The first-order chi connectivity index (χ1) is 6.36. The third kappa shape index (κ3) is 1.38. The highest BCUT2D eigenvalue weighted by Crippen LogP contribution is 2.38. The number of fused-ring (bicyclic) bond motifs is 1. The second-order valence-corrected chi connectivity index (χ2v) is 4.03. The van der Waals surface area contributed by atoms with Gasteiger partial charge >= 0.3 is 0 Å². The first kappa shape index (κ1) is 8.79. The van der Waals surface area contributed by atoms with E-state index < -0.39 is 0 Å². The summed E-state index contributed by atoms with van der Waals surface area (Å²) in [7, 11) is 0. The largest absolute Gasteiger partial charge is 0.282 e. The van der Waals surface area contributed by atoms with E-state index in [1.165, 1.54) is 36.9 Å². The lowest BCUT2D eigenvalue weighted by molar-refractivity contribution is 0.352. The molecule has 2 unspecified atom stereocenters. The quantitative estimate of drug-likeness (QED) is 0.741. The van der Waals surface area contributed by atoms with Gasteiger partial charge < -0.3 is 0 Å². The zero-order valence-corrected chi connectivity index (χ0v) is 8.51. The Morgan fingerprint density at radius 2 is 2.31 bits per heavy atom. The standard InChI is InChI=1S/C11H18N2/c1-3-8-5-6-11-10(7-12-13-11)9(8)4-2/h7-9H,3-6H2,1-2H3,(H,12,13). The molecule has 1 N–H and O–H groups in total. The SMILES string of the molecule is CCC1CCc2[nH]ncc2C1CC. The van der Waals surface area contributed by atoms with Crippen molar-refractivity contribution in [1.82, 2.24) is 10.2 Å². The van der Waals surface area contributed by atoms with Crippen LogP contribution in [0.1, 0.15) is 50.3 Å². The van der Waals surface area contributed by atoms with Crippen LogP contribution in [0.15, 0.2) is 6.20 Å². The van der Waals surface area contributed by atoms with Crippen LogP contribution in [0.3, 0.4) is 0 Å². The van der Waals surface area contributed by atoms with Crippen LogP contribution in [-0.2, 0) is 6.42 Å². The van der Waals surface area contributed by atoms with E-state index >= 15 is 0 Å². The minimum Gasteiger partial charge on any atom is -0.282 e. The molecule has 72 valence electrons. The summed E-state index contributed by atoms with van der Waals surface area (Å²) in [5.74, 6) is 1.64. The van der Waals surface area contributed by atoms with Crippen LogP contribution < -0.4 is 0 Å². The second kappa shape index (κ2) is 3.52. The summed E-state index contributed by atoms with van der Waals surface area (Å²) in [6.07, 6.45) is 7.13. The molecular weight excluding hydrogens is 160 g/mol. The van der Waals surface area contributed by atoms with Crippen molar-refractivity contribution in [2.45, 2.75) is 45.4 Å². The minimum absolute atomic E-state index is 0.757. The highest BCUT2D eigenvalue weighted by Gasteiger charge is 2.27. The minimum atomic E-state index is 0.757. The number of H-pyrrole nitrogens is 1. The van der Waals surface area contributed by atoms with E-state index in [9.17, 15) is 0 Å². The second-order valence-electron chi connectivity index (χ2n) is 4.03. The molecule has 0 bridgehead atoms. The number of aromatic amines is 1. The molecule has 0 aliphatic heterocycles. The molecule has 0 saturated heterocycles. The van der Waals surface area contributed by atoms with Crippen LogP contribution in [-0.4, -0.2) is 10.2 Å². The van der Waals surface area contributed by atoms with Gasteiger partial charge in [0.1, 0.15) is 0 Å². The Labute approximate surface area is 79.7 Å². The molecule has 2 heteroatoms. The zero-order chi connectivity index (χ0) is 9.26. The number of nitrogens with one attached hydrogen (secondary N) is 1. The molecule has 0 saturated carbocycles. The summed E-state index contributed by atoms with van der Waals surface area (Å²) in [4.78, 5) is 0. The van der Waals surface area contributed by atoms with E-state index in [0.717, 1.165) is 11.8 Å². The maximum Gasteiger partial charge on any atom is 0.0525 e. The van der Waals surface area contributed by atoms with Crippen LogP contribution in [0.25, 0.3) is 0 Å². The first-order valence-corrected chi connectivity index (χ1v) is 5.39. The first-order valence-electron chi connectivity index (χ1n) is 5.39. The van der Waals surface area contributed by atoms with E-state index in [2.05, 4.69) is 24.0 Å². The highest BCUT2D eigenvalue weighted by atomic mass is 15.1. The molecule has 0 aromatic carbocycles. The Morgan fingerprint density at radius 1 is 1.46 bits per heavy atom. The molecule has 2 rings (SSSR count). The molecule has 1 aromatic rings. The van der Waals surface area contributed by atoms with Crippen LogP contribution in [0, 0.1) is 5.92 Å². The van der Waals surface area contributed by atoms with Crippen LogP contribution in [0.2, 0.25) is 0 Å². The summed E-state index contributed by atoms with van der Waals surface area (Å²) >= 11 is 0. The zero-order valence-electron chi connectivity index (χ0n) is 8.51. The van der Waals surface area contributed by atoms with Gasteiger partial charge in [0.25, 0.3) is 0 Å². The van der Waals surface area contributed by atoms with Gasteiger partial charge in [-0.25, -0.2) is 0 Å². The predicted octanol–water partition coefficient (Wildman–Crippen LogP) is 2.88. The highest BCUT2D eigenvalue weighted by molar-refractivity contribution is 5.25. The Kier molecular flexibility index (Phi) is 2.38. The van der Waals surface area contributed by atoms with E-state index in [1.807, 2.05) is 6.20 Å². The molecule has 13 heavy (non-hydrogen) atoms. The van der Waals surface area contributed by atoms with Gasteiger partial charge in [-0.3, -0.25) is 5.10 Å². The van der Waals surface area contributed by atoms with Gasteiger partial charge in [0.05, 0.1) is 6.20 Å². The van der Waals surface area contributed by atoms with E-state index in [-0.39, 0.29) is 0 Å². The fourth-order valence-corrected chi connectivity index (χ4v) is 2.67. The molecule has 0 spiro atoms. The Morgan fingerprint density at radius 3 is 3.00 bits per heavy atom. The molecule has 1 heterocycles. The van der Waals surface area contributed by atoms with Gasteiger partial charge in [-0.1, -0.05) is 20.3 Å². The molecule has 0 fully saturated rings. The number of nitrogens with zero attached hydrogens (tertiary/aromatic N) is 1. The average molecular weight is 178 g/mol. The van der Waals surface area contributed by atoms with Crippen molar-refractivity contribution in [2.24, 2.45) is 5.92 Å². The average Bonchev–Trinajstić information content (AvgIpc) is 2.63. The van der Waals surface area contributed by atoms with E-state index in [1.54, 1.807) is 0 Å². The Balaban J connectivity index is 2.29. The van der Waals surface area contributed by atoms with Crippen LogP contribution in [0.5, 0.6) is 0 Å². The van der Waals surface area contributed by atoms with Crippen molar-refractivity contribution in [2.75, 3.05) is 0 Å². The number of aryl methyl sites for hydroxylation is 1. The summed E-state index contributed by atoms with van der Waals surface area (Å²) < 4.78 is 0. The lowest BCUT2D eigenvalue weighted by Gasteiger charge is -2.29. The van der Waals surface area contributed by atoms with Gasteiger partial charge in [-0.15, -0.1) is 0 Å². The Bertz CT molecular complexity index is 277. The molecule has 2 nitrogen and oxygen atoms in total. The molecule has 1 aliphatic rings. The normalized spacial score (nSPS) is 27.2. The van der Waals surface area contributed by atoms with Crippen molar-refractivity contribution in [1.29, 1.82) is 0 Å². The monoisotopic (exact) mass is 178 g/mol. The number of hydrogen-bond donors (Lipinski definition) is 1. The van der Waals surface area contributed by atoms with Crippen LogP contribution >= 0.6 is 0 Å². The van der Waals surface area contributed by atoms with Gasteiger partial charge in [0.2, 0.25) is 0 Å². The fraction of sp³-hybridized carbons (Fsp3) is 0.727. The van der Waals surface area contributed by atoms with Crippen molar-refractivity contribution in [3.63, 3.8) is 0 Å². The Hall–Kier alpha value is -0.790. The number of rotatable bonds is 2. The fourth-order valence-electron chi connectivity index (χ4n) is 2.67. The molecule has 0 radical (unpaired) electrons. The van der Waals surface area contributed by atoms with Gasteiger partial charge in [-0.05, 0) is 36.7 Å². The molecule has 2 atom stereocenters. The molecule has 0 amide bonds. The van der Waals surface area contributed by atoms with Crippen molar-refractivity contribution in [3.05, 3.63) is 17.5 Å².